The SMILES string of the molecule is Cc1nc(N[C@H](C)c2ccccc2Cl)c2ccncc2n1. The van der Waals surface area contributed by atoms with Gasteiger partial charge in [-0.3, -0.25) is 4.98 Å². The van der Waals surface area contributed by atoms with Gasteiger partial charge in [-0.25, -0.2) is 9.97 Å². The number of hydrogen-bond donors (Lipinski definition) is 1. The van der Waals surface area contributed by atoms with Crippen LogP contribution in [0.15, 0.2) is 42.7 Å². The van der Waals surface area contributed by atoms with Gasteiger partial charge in [0.15, 0.2) is 0 Å². The van der Waals surface area contributed by atoms with Gasteiger partial charge in [-0.05, 0) is 31.5 Å². The van der Waals surface area contributed by atoms with E-state index in [1.807, 2.05) is 37.3 Å². The zero-order valence-corrected chi connectivity index (χ0v) is 12.6. The van der Waals surface area contributed by atoms with E-state index in [1.54, 1.807) is 12.4 Å². The Balaban J connectivity index is 2.00. The highest BCUT2D eigenvalue weighted by molar-refractivity contribution is 6.31. The third-order valence-electron chi connectivity index (χ3n) is 3.34. The Hall–Kier alpha value is -2.20. The molecule has 3 aromatic rings. The number of nitrogens with zero attached hydrogens (tertiary/aromatic N) is 3. The number of pyridine rings is 1. The van der Waals surface area contributed by atoms with E-state index in [1.165, 1.54) is 0 Å². The Labute approximate surface area is 128 Å². The van der Waals surface area contributed by atoms with Gasteiger partial charge in [0.1, 0.15) is 11.6 Å². The minimum absolute atomic E-state index is 0.0457. The molecule has 0 fully saturated rings. The van der Waals surface area contributed by atoms with Gasteiger partial charge in [-0.1, -0.05) is 29.8 Å². The van der Waals surface area contributed by atoms with Crippen molar-refractivity contribution in [2.24, 2.45) is 0 Å². The molecule has 2 heterocycles. The standard InChI is InChI=1S/C16H15ClN4/c1-10(12-5-3-4-6-14(12)17)19-16-13-7-8-18-9-15(13)20-11(2)21-16/h3-10H,1-2H3,(H,19,20,21)/t10-/m1/s1. The Morgan fingerprint density at radius 2 is 1.95 bits per heavy atom. The van der Waals surface area contributed by atoms with Crippen molar-refractivity contribution < 1.29 is 0 Å². The number of hydrogen-bond acceptors (Lipinski definition) is 4. The van der Waals surface area contributed by atoms with E-state index >= 15 is 0 Å². The van der Waals surface area contributed by atoms with Crippen LogP contribution in [0.25, 0.3) is 10.9 Å². The number of aromatic nitrogens is 3. The van der Waals surface area contributed by atoms with Crippen LogP contribution in [0.1, 0.15) is 24.4 Å². The number of rotatable bonds is 3. The number of nitrogens with one attached hydrogen (secondary N) is 1. The van der Waals surface area contributed by atoms with Crippen LogP contribution in [0.4, 0.5) is 5.82 Å². The van der Waals surface area contributed by atoms with Crippen molar-refractivity contribution in [3.05, 3.63) is 59.1 Å². The molecular weight excluding hydrogens is 284 g/mol. The Morgan fingerprint density at radius 3 is 2.76 bits per heavy atom. The van der Waals surface area contributed by atoms with Gasteiger partial charge in [0.25, 0.3) is 0 Å². The molecule has 1 aromatic carbocycles. The second kappa shape index (κ2) is 5.66. The number of fused-ring (bicyclic) bond motifs is 1. The molecule has 0 spiro atoms. The molecule has 0 radical (unpaired) electrons. The molecular formula is C16H15ClN4. The number of anilines is 1. The highest BCUT2D eigenvalue weighted by Gasteiger charge is 2.12. The summed E-state index contributed by atoms with van der Waals surface area (Å²) in [5.74, 6) is 1.51. The number of aryl methyl sites for hydroxylation is 1. The molecule has 0 saturated carbocycles. The van der Waals surface area contributed by atoms with Gasteiger partial charge >= 0.3 is 0 Å². The minimum Gasteiger partial charge on any atom is -0.363 e. The molecule has 106 valence electrons. The van der Waals surface area contributed by atoms with Crippen molar-refractivity contribution in [2.75, 3.05) is 5.32 Å². The van der Waals surface area contributed by atoms with Crippen LogP contribution >= 0.6 is 11.6 Å². The molecule has 5 heteroatoms. The summed E-state index contributed by atoms with van der Waals surface area (Å²) in [7, 11) is 0. The van der Waals surface area contributed by atoms with Crippen LogP contribution in [0.3, 0.4) is 0 Å². The molecule has 0 aliphatic rings. The molecule has 0 unspecified atom stereocenters. The quantitative estimate of drug-likeness (QED) is 0.789. The summed E-state index contributed by atoms with van der Waals surface area (Å²) in [6.07, 6.45) is 3.49. The van der Waals surface area contributed by atoms with Crippen molar-refractivity contribution in [2.45, 2.75) is 19.9 Å². The zero-order valence-electron chi connectivity index (χ0n) is 11.8. The molecule has 0 saturated heterocycles. The first-order valence-electron chi connectivity index (χ1n) is 6.74. The van der Waals surface area contributed by atoms with Crippen LogP contribution in [0.2, 0.25) is 5.02 Å². The molecule has 0 aliphatic heterocycles. The maximum Gasteiger partial charge on any atom is 0.138 e. The van der Waals surface area contributed by atoms with E-state index in [4.69, 9.17) is 11.6 Å². The summed E-state index contributed by atoms with van der Waals surface area (Å²) in [5, 5.41) is 5.12. The van der Waals surface area contributed by atoms with E-state index in [-0.39, 0.29) is 6.04 Å². The fourth-order valence-corrected chi connectivity index (χ4v) is 2.62. The lowest BCUT2D eigenvalue weighted by molar-refractivity contribution is 0.872. The van der Waals surface area contributed by atoms with E-state index in [9.17, 15) is 0 Å². The molecule has 1 atom stereocenters. The topological polar surface area (TPSA) is 50.7 Å². The van der Waals surface area contributed by atoms with Crippen LogP contribution in [-0.2, 0) is 0 Å². The fourth-order valence-electron chi connectivity index (χ4n) is 2.32. The summed E-state index contributed by atoms with van der Waals surface area (Å²) in [6, 6.07) is 9.77. The van der Waals surface area contributed by atoms with Crippen molar-refractivity contribution in [1.82, 2.24) is 15.0 Å². The highest BCUT2D eigenvalue weighted by atomic mass is 35.5. The second-order valence-corrected chi connectivity index (χ2v) is 5.31. The molecule has 2 aromatic heterocycles. The van der Waals surface area contributed by atoms with Gasteiger partial charge in [0.2, 0.25) is 0 Å². The van der Waals surface area contributed by atoms with Gasteiger partial charge < -0.3 is 5.32 Å². The van der Waals surface area contributed by atoms with Crippen LogP contribution < -0.4 is 5.32 Å². The molecule has 3 rings (SSSR count). The maximum absolute atomic E-state index is 6.25. The smallest absolute Gasteiger partial charge is 0.138 e. The molecule has 0 amide bonds. The second-order valence-electron chi connectivity index (χ2n) is 4.90. The van der Waals surface area contributed by atoms with Crippen molar-refractivity contribution >= 4 is 28.3 Å². The first-order chi connectivity index (χ1) is 10.1. The molecule has 4 nitrogen and oxygen atoms in total. The van der Waals surface area contributed by atoms with Crippen molar-refractivity contribution in [1.29, 1.82) is 0 Å². The average molecular weight is 299 g/mol. The highest BCUT2D eigenvalue weighted by Crippen LogP contribution is 2.27. The number of halogens is 1. The maximum atomic E-state index is 6.25. The summed E-state index contributed by atoms with van der Waals surface area (Å²) in [6.45, 7) is 3.93. The van der Waals surface area contributed by atoms with E-state index < -0.39 is 0 Å². The monoisotopic (exact) mass is 298 g/mol. The summed E-state index contributed by atoms with van der Waals surface area (Å²) < 4.78 is 0. The Morgan fingerprint density at radius 1 is 1.14 bits per heavy atom. The first-order valence-corrected chi connectivity index (χ1v) is 7.12. The van der Waals surface area contributed by atoms with Gasteiger partial charge in [0, 0.05) is 16.6 Å². The first kappa shape index (κ1) is 13.8. The predicted octanol–water partition coefficient (Wildman–Crippen LogP) is 4.16. The minimum atomic E-state index is 0.0457. The van der Waals surface area contributed by atoms with Crippen molar-refractivity contribution in [3.63, 3.8) is 0 Å². The lowest BCUT2D eigenvalue weighted by Gasteiger charge is -2.17. The predicted molar refractivity (Wildman–Crippen MR) is 85.6 cm³/mol. The van der Waals surface area contributed by atoms with Gasteiger partial charge in [0.05, 0.1) is 17.8 Å². The van der Waals surface area contributed by atoms with E-state index in [2.05, 4.69) is 27.2 Å². The fraction of sp³-hybridized carbons (Fsp3) is 0.188. The van der Waals surface area contributed by atoms with Crippen LogP contribution in [-0.4, -0.2) is 15.0 Å². The zero-order chi connectivity index (χ0) is 14.8. The molecule has 21 heavy (non-hydrogen) atoms. The lowest BCUT2D eigenvalue weighted by atomic mass is 10.1. The summed E-state index contributed by atoms with van der Waals surface area (Å²) in [4.78, 5) is 13.0. The van der Waals surface area contributed by atoms with Crippen LogP contribution in [0.5, 0.6) is 0 Å². The molecule has 0 aliphatic carbocycles. The third-order valence-corrected chi connectivity index (χ3v) is 3.68. The van der Waals surface area contributed by atoms with Crippen molar-refractivity contribution in [3.8, 4) is 0 Å². The lowest BCUT2D eigenvalue weighted by Crippen LogP contribution is -2.10. The summed E-state index contributed by atoms with van der Waals surface area (Å²) >= 11 is 6.25. The largest absolute Gasteiger partial charge is 0.363 e. The third kappa shape index (κ3) is 2.81. The van der Waals surface area contributed by atoms with E-state index in [0.29, 0.717) is 5.82 Å². The van der Waals surface area contributed by atoms with E-state index in [0.717, 1.165) is 27.3 Å². The van der Waals surface area contributed by atoms with Gasteiger partial charge in [-0.2, -0.15) is 0 Å². The summed E-state index contributed by atoms with van der Waals surface area (Å²) in [5.41, 5.74) is 1.87. The average Bonchev–Trinajstić information content (AvgIpc) is 2.47. The Kier molecular flexibility index (Phi) is 3.71. The normalized spacial score (nSPS) is 12.3. The molecule has 0 bridgehead atoms. The van der Waals surface area contributed by atoms with Gasteiger partial charge in [-0.15, -0.1) is 0 Å². The molecule has 1 N–H and O–H groups in total. The number of benzene rings is 1. The Bertz CT molecular complexity index is 788. The van der Waals surface area contributed by atoms with Crippen LogP contribution in [0, 0.1) is 6.92 Å².